The van der Waals surface area contributed by atoms with Crippen LogP contribution < -0.4 is 19.9 Å². The Hall–Kier alpha value is -3.66. The lowest BCUT2D eigenvalue weighted by Gasteiger charge is -2.22. The number of hydrogen-bond acceptors (Lipinski definition) is 7. The Morgan fingerprint density at radius 3 is 2.50 bits per heavy atom. The number of benzene rings is 2. The summed E-state index contributed by atoms with van der Waals surface area (Å²) >= 11 is 0. The number of pyridine rings is 1. The second-order valence-corrected chi connectivity index (χ2v) is 10.9. The van der Waals surface area contributed by atoms with Crippen LogP contribution in [0.25, 0.3) is 11.1 Å². The molecular formula is C26H28FN3O5S. The van der Waals surface area contributed by atoms with Crippen molar-refractivity contribution in [1.29, 1.82) is 0 Å². The monoisotopic (exact) mass is 513 g/mol. The first-order valence-corrected chi connectivity index (χ1v) is 13.0. The fourth-order valence-electron chi connectivity index (χ4n) is 3.59. The molecule has 0 atom stereocenters. The molecule has 8 nitrogen and oxygen atoms in total. The molecule has 3 N–H and O–H groups in total. The van der Waals surface area contributed by atoms with Crippen LogP contribution in [0.15, 0.2) is 59.6 Å². The maximum Gasteiger partial charge on any atom is 0.281 e. The molecule has 1 saturated carbocycles. The highest BCUT2D eigenvalue weighted by Gasteiger charge is 2.54. The second kappa shape index (κ2) is 9.77. The van der Waals surface area contributed by atoms with Crippen molar-refractivity contribution >= 4 is 21.7 Å². The van der Waals surface area contributed by atoms with Gasteiger partial charge in [-0.15, -0.1) is 0 Å². The van der Waals surface area contributed by atoms with Crippen LogP contribution in [0.5, 0.6) is 11.5 Å². The highest BCUT2D eigenvalue weighted by atomic mass is 32.2. The fourth-order valence-corrected chi connectivity index (χ4v) is 4.60. The number of anilines is 1. The number of aromatic nitrogens is 1. The summed E-state index contributed by atoms with van der Waals surface area (Å²) in [7, 11) is -4.26. The number of amides is 1. The third-order valence-electron chi connectivity index (χ3n) is 5.66. The van der Waals surface area contributed by atoms with Crippen LogP contribution >= 0.6 is 0 Å². The molecule has 0 radical (unpaired) electrons. The van der Waals surface area contributed by atoms with Crippen LogP contribution in [-0.2, 0) is 14.8 Å². The lowest BCUT2D eigenvalue weighted by molar-refractivity contribution is -0.127. The molecule has 2 aromatic carbocycles. The Balaban J connectivity index is 1.65. The zero-order valence-electron chi connectivity index (χ0n) is 20.2. The zero-order valence-corrected chi connectivity index (χ0v) is 21.1. The molecule has 1 amide bonds. The number of halogens is 1. The summed E-state index contributed by atoms with van der Waals surface area (Å²) in [6, 6.07) is 13.6. The van der Waals surface area contributed by atoms with Crippen molar-refractivity contribution in [3.63, 3.8) is 0 Å². The van der Waals surface area contributed by atoms with Gasteiger partial charge in [-0.25, -0.2) is 14.1 Å². The molecule has 1 aromatic heterocycles. The van der Waals surface area contributed by atoms with E-state index in [4.69, 9.17) is 15.2 Å². The molecule has 4 rings (SSSR count). The molecule has 1 aliphatic carbocycles. The van der Waals surface area contributed by atoms with Gasteiger partial charge in [-0.2, -0.15) is 8.42 Å². The van der Waals surface area contributed by atoms with Gasteiger partial charge in [0.1, 0.15) is 23.1 Å². The average Bonchev–Trinajstić information content (AvgIpc) is 3.59. The van der Waals surface area contributed by atoms with Crippen molar-refractivity contribution in [2.24, 2.45) is 5.92 Å². The highest BCUT2D eigenvalue weighted by Crippen LogP contribution is 2.45. The van der Waals surface area contributed by atoms with Crippen molar-refractivity contribution in [3.8, 4) is 22.6 Å². The lowest BCUT2D eigenvalue weighted by atomic mass is 10.0. The normalized spacial score (nSPS) is 14.4. The molecule has 36 heavy (non-hydrogen) atoms. The minimum Gasteiger partial charge on any atom is -0.493 e. The zero-order chi connectivity index (χ0) is 26.1. The van der Waals surface area contributed by atoms with Gasteiger partial charge in [0.25, 0.3) is 15.9 Å². The maximum absolute atomic E-state index is 14.1. The van der Waals surface area contributed by atoms with Crippen molar-refractivity contribution in [3.05, 3.63) is 66.0 Å². The first-order valence-electron chi connectivity index (χ1n) is 11.5. The van der Waals surface area contributed by atoms with Gasteiger partial charge in [0.15, 0.2) is 10.6 Å². The molecule has 1 heterocycles. The van der Waals surface area contributed by atoms with Crippen LogP contribution in [0, 0.1) is 18.7 Å². The number of nitrogen functional groups attached to an aromatic ring is 1. The van der Waals surface area contributed by atoms with Crippen molar-refractivity contribution in [2.45, 2.75) is 44.2 Å². The van der Waals surface area contributed by atoms with Gasteiger partial charge in [0.2, 0.25) is 0 Å². The van der Waals surface area contributed by atoms with E-state index in [0.717, 1.165) is 5.56 Å². The average molecular weight is 514 g/mol. The molecule has 0 spiro atoms. The second-order valence-electron chi connectivity index (χ2n) is 9.26. The summed E-state index contributed by atoms with van der Waals surface area (Å²) in [4.78, 5) is 16.9. The Morgan fingerprint density at radius 1 is 1.14 bits per heavy atom. The van der Waals surface area contributed by atoms with Crippen LogP contribution in [0.3, 0.4) is 0 Å². The Morgan fingerprint density at radius 2 is 1.86 bits per heavy atom. The van der Waals surface area contributed by atoms with Gasteiger partial charge in [-0.1, -0.05) is 32.0 Å². The van der Waals surface area contributed by atoms with E-state index >= 15 is 0 Å². The number of nitrogens with two attached hydrogens (primary N) is 1. The molecule has 3 aromatic rings. The van der Waals surface area contributed by atoms with Crippen molar-refractivity contribution in [2.75, 3.05) is 12.3 Å². The van der Waals surface area contributed by atoms with E-state index in [0.29, 0.717) is 48.0 Å². The van der Waals surface area contributed by atoms with E-state index < -0.39 is 27.3 Å². The molecule has 0 aliphatic heterocycles. The maximum atomic E-state index is 14.1. The molecular weight excluding hydrogens is 485 g/mol. The van der Waals surface area contributed by atoms with Crippen LogP contribution in [0.1, 0.15) is 32.3 Å². The summed E-state index contributed by atoms with van der Waals surface area (Å²) < 4.78 is 53.6. The topological polar surface area (TPSA) is 121 Å². The van der Waals surface area contributed by atoms with Crippen LogP contribution in [0.4, 0.5) is 10.2 Å². The fraction of sp³-hybridized carbons (Fsp3) is 0.308. The smallest absolute Gasteiger partial charge is 0.281 e. The molecule has 10 heteroatoms. The van der Waals surface area contributed by atoms with E-state index in [2.05, 4.69) is 9.71 Å². The number of nitrogens with one attached hydrogen (secondary N) is 1. The minimum atomic E-state index is -4.26. The van der Waals surface area contributed by atoms with E-state index in [1.807, 2.05) is 20.8 Å². The largest absolute Gasteiger partial charge is 0.493 e. The summed E-state index contributed by atoms with van der Waals surface area (Å²) in [6.45, 7) is 6.39. The highest BCUT2D eigenvalue weighted by molar-refractivity contribution is 7.90. The summed E-state index contributed by atoms with van der Waals surface area (Å²) in [5.41, 5.74) is 6.02. The molecule has 1 fully saturated rings. The number of rotatable bonds is 9. The van der Waals surface area contributed by atoms with Crippen molar-refractivity contribution < 1.29 is 27.1 Å². The number of sulfonamides is 1. The van der Waals surface area contributed by atoms with Gasteiger partial charge in [0.05, 0.1) is 6.61 Å². The minimum absolute atomic E-state index is 0.0118. The number of ether oxygens (including phenoxy) is 2. The van der Waals surface area contributed by atoms with E-state index in [-0.39, 0.29) is 10.8 Å². The molecule has 0 bridgehead atoms. The van der Waals surface area contributed by atoms with Crippen LogP contribution in [0.2, 0.25) is 0 Å². The van der Waals surface area contributed by atoms with Gasteiger partial charge < -0.3 is 15.2 Å². The van der Waals surface area contributed by atoms with Crippen molar-refractivity contribution in [1.82, 2.24) is 9.71 Å². The van der Waals surface area contributed by atoms with Gasteiger partial charge in [-0.3, -0.25) is 4.79 Å². The number of carbonyl (C=O) groups excluding carboxylic acids is 1. The Bertz CT molecular complexity index is 1400. The molecule has 0 saturated heterocycles. The molecule has 190 valence electrons. The quantitative estimate of drug-likeness (QED) is 0.439. The number of hydrogen-bond donors (Lipinski definition) is 2. The molecule has 1 aliphatic rings. The van der Waals surface area contributed by atoms with Gasteiger partial charge in [-0.05, 0) is 60.4 Å². The number of nitrogens with zero attached hydrogens (tertiary/aromatic N) is 1. The standard InChI is InChI=1S/C26H28FN3O5S/c1-16(2)15-34-21-14-20(18-6-4-7-19(27)13-18)22(12-17(21)3)35-26(10-11-26)25(31)30-36(32,33)24-9-5-8-23(28)29-24/h4-9,12-14,16H,10-11,15H2,1-3H3,(H2,28,29)(H,30,31). The Labute approximate surface area is 209 Å². The number of aryl methyl sites for hydroxylation is 1. The number of carbonyl (C=O) groups is 1. The first-order chi connectivity index (χ1) is 17.0. The van der Waals surface area contributed by atoms with E-state index in [9.17, 15) is 17.6 Å². The predicted molar refractivity (Wildman–Crippen MR) is 133 cm³/mol. The van der Waals surface area contributed by atoms with Gasteiger partial charge >= 0.3 is 0 Å². The Kier molecular flexibility index (Phi) is 6.90. The van der Waals surface area contributed by atoms with Crippen LogP contribution in [-0.4, -0.2) is 31.5 Å². The summed E-state index contributed by atoms with van der Waals surface area (Å²) in [6.07, 6.45) is 0.623. The molecule has 0 unspecified atom stereocenters. The third kappa shape index (κ3) is 5.59. The lowest BCUT2D eigenvalue weighted by Crippen LogP contribution is -2.43. The van der Waals surface area contributed by atoms with E-state index in [1.165, 1.54) is 30.3 Å². The SMILES string of the molecule is Cc1cc(OC2(C(=O)NS(=O)(=O)c3cccc(N)n3)CC2)c(-c2cccc(F)c2)cc1OCC(C)C. The predicted octanol–water partition coefficient (Wildman–Crippen LogP) is 4.23. The van der Waals surface area contributed by atoms with E-state index in [1.54, 1.807) is 24.3 Å². The third-order valence-corrected chi connectivity index (χ3v) is 6.89. The summed E-state index contributed by atoms with van der Waals surface area (Å²) in [5, 5.41) is -0.366. The summed E-state index contributed by atoms with van der Waals surface area (Å²) in [5.74, 6) is 0.00510. The van der Waals surface area contributed by atoms with Gasteiger partial charge in [0, 0.05) is 18.4 Å². The first kappa shape index (κ1) is 25.4.